The van der Waals surface area contributed by atoms with Gasteiger partial charge in [-0.25, -0.2) is 0 Å². The SMILES string of the molecule is CCCC1(CCC)c2cc(/C=C/c3cc(OC)c(OCCOCC)c(OC)c3)ccc2-c2ccc(/C=C/c3cc(OC)c(OCCOCC)c(OC)c3)cc21. The predicted molar refractivity (Wildman–Crippen MR) is 223 cm³/mol. The van der Waals surface area contributed by atoms with Crippen LogP contribution >= 0.6 is 0 Å². The Balaban J connectivity index is 1.45. The number of hydrogen-bond donors (Lipinski definition) is 0. The molecule has 294 valence electrons. The van der Waals surface area contributed by atoms with Crippen molar-refractivity contribution in [2.45, 2.75) is 58.8 Å². The van der Waals surface area contributed by atoms with Crippen LogP contribution < -0.4 is 28.4 Å². The first-order chi connectivity index (χ1) is 26.9. The monoisotopic (exact) mass is 750 g/mol. The molecule has 0 aromatic heterocycles. The smallest absolute Gasteiger partial charge is 0.203 e. The topological polar surface area (TPSA) is 73.8 Å². The molecule has 5 rings (SSSR count). The van der Waals surface area contributed by atoms with E-state index in [4.69, 9.17) is 37.9 Å². The van der Waals surface area contributed by atoms with E-state index in [0.717, 1.165) is 47.9 Å². The molecular weight excluding hydrogens is 693 g/mol. The Morgan fingerprint density at radius 3 is 1.15 bits per heavy atom. The van der Waals surface area contributed by atoms with Crippen LogP contribution in [0, 0.1) is 0 Å². The Morgan fingerprint density at radius 1 is 0.455 bits per heavy atom. The van der Waals surface area contributed by atoms with E-state index < -0.39 is 0 Å². The lowest BCUT2D eigenvalue weighted by atomic mass is 9.71. The molecule has 55 heavy (non-hydrogen) atoms. The van der Waals surface area contributed by atoms with Crippen LogP contribution in [0.5, 0.6) is 34.5 Å². The van der Waals surface area contributed by atoms with E-state index in [0.29, 0.717) is 74.1 Å². The van der Waals surface area contributed by atoms with Crippen LogP contribution in [-0.2, 0) is 14.9 Å². The van der Waals surface area contributed by atoms with Crippen molar-refractivity contribution >= 4 is 24.3 Å². The maximum atomic E-state index is 5.99. The largest absolute Gasteiger partial charge is 0.493 e. The molecule has 0 unspecified atom stereocenters. The molecule has 0 heterocycles. The quantitative estimate of drug-likeness (QED) is 0.0581. The predicted octanol–water partition coefficient (Wildman–Crippen LogP) is 10.8. The maximum Gasteiger partial charge on any atom is 0.203 e. The molecule has 0 saturated carbocycles. The van der Waals surface area contributed by atoms with Crippen molar-refractivity contribution in [1.29, 1.82) is 0 Å². The van der Waals surface area contributed by atoms with Gasteiger partial charge in [0.2, 0.25) is 11.5 Å². The Kier molecular flexibility index (Phi) is 15.1. The summed E-state index contributed by atoms with van der Waals surface area (Å²) >= 11 is 0. The summed E-state index contributed by atoms with van der Waals surface area (Å²) in [5.74, 6) is 3.62. The molecule has 0 aliphatic heterocycles. The van der Waals surface area contributed by atoms with E-state index >= 15 is 0 Å². The van der Waals surface area contributed by atoms with Crippen LogP contribution in [0.3, 0.4) is 0 Å². The molecule has 0 atom stereocenters. The first-order valence-electron chi connectivity index (χ1n) is 19.5. The third kappa shape index (κ3) is 9.49. The van der Waals surface area contributed by atoms with E-state index in [1.807, 2.05) is 38.1 Å². The Labute approximate surface area is 328 Å². The molecule has 0 bridgehead atoms. The normalized spacial score (nSPS) is 12.9. The average molecular weight is 751 g/mol. The van der Waals surface area contributed by atoms with Gasteiger partial charge in [0.15, 0.2) is 23.0 Å². The molecule has 0 spiro atoms. The first kappa shape index (κ1) is 41.2. The fraction of sp³-hybridized carbons (Fsp3) is 0.404. The van der Waals surface area contributed by atoms with Crippen LogP contribution in [0.1, 0.15) is 86.8 Å². The van der Waals surface area contributed by atoms with Crippen LogP contribution in [0.15, 0.2) is 60.7 Å². The molecule has 0 N–H and O–H groups in total. The maximum absolute atomic E-state index is 5.99. The van der Waals surface area contributed by atoms with Gasteiger partial charge in [-0.1, -0.05) is 87.4 Å². The number of benzene rings is 4. The Morgan fingerprint density at radius 2 is 0.818 bits per heavy atom. The van der Waals surface area contributed by atoms with Gasteiger partial charge >= 0.3 is 0 Å². The number of ether oxygens (including phenoxy) is 8. The zero-order valence-electron chi connectivity index (χ0n) is 33.9. The van der Waals surface area contributed by atoms with E-state index in [-0.39, 0.29) is 5.41 Å². The van der Waals surface area contributed by atoms with Gasteiger partial charge in [-0.05, 0) is 95.5 Å². The minimum absolute atomic E-state index is 0.0816. The minimum atomic E-state index is -0.0816. The van der Waals surface area contributed by atoms with Crippen LogP contribution in [0.4, 0.5) is 0 Å². The molecule has 8 nitrogen and oxygen atoms in total. The highest BCUT2D eigenvalue weighted by Crippen LogP contribution is 2.54. The molecule has 4 aromatic carbocycles. The summed E-state index contributed by atoms with van der Waals surface area (Å²) in [6.45, 7) is 11.6. The summed E-state index contributed by atoms with van der Waals surface area (Å²) in [5, 5.41) is 0. The Hall–Kier alpha value is -4.92. The van der Waals surface area contributed by atoms with Crippen molar-refractivity contribution in [2.75, 3.05) is 68.1 Å². The highest BCUT2D eigenvalue weighted by atomic mass is 16.6. The number of rotatable bonds is 22. The zero-order chi connectivity index (χ0) is 39.2. The third-order valence-electron chi connectivity index (χ3n) is 10.0. The molecule has 0 saturated heterocycles. The van der Waals surface area contributed by atoms with Gasteiger partial charge < -0.3 is 37.9 Å². The minimum Gasteiger partial charge on any atom is -0.493 e. The summed E-state index contributed by atoms with van der Waals surface area (Å²) < 4.78 is 45.7. The first-order valence-corrected chi connectivity index (χ1v) is 19.5. The van der Waals surface area contributed by atoms with E-state index in [2.05, 4.69) is 74.5 Å². The molecule has 0 fully saturated rings. The Bertz CT molecular complexity index is 1740. The van der Waals surface area contributed by atoms with Gasteiger partial charge in [-0.3, -0.25) is 0 Å². The van der Waals surface area contributed by atoms with Crippen molar-refractivity contribution in [3.63, 3.8) is 0 Å². The second-order valence-electron chi connectivity index (χ2n) is 13.5. The van der Waals surface area contributed by atoms with Crippen LogP contribution in [0.25, 0.3) is 35.4 Å². The summed E-state index contributed by atoms with van der Waals surface area (Å²) in [7, 11) is 6.58. The lowest BCUT2D eigenvalue weighted by molar-refractivity contribution is 0.107. The van der Waals surface area contributed by atoms with E-state index in [9.17, 15) is 0 Å². The molecular formula is C47H58O8. The number of methoxy groups -OCH3 is 4. The zero-order valence-corrected chi connectivity index (χ0v) is 33.9. The van der Waals surface area contributed by atoms with Gasteiger partial charge in [-0.15, -0.1) is 0 Å². The molecule has 4 aromatic rings. The lowest BCUT2D eigenvalue weighted by Gasteiger charge is -2.32. The van der Waals surface area contributed by atoms with Gasteiger partial charge in [0.1, 0.15) is 13.2 Å². The third-order valence-corrected chi connectivity index (χ3v) is 10.0. The van der Waals surface area contributed by atoms with Crippen molar-refractivity contribution < 1.29 is 37.9 Å². The molecule has 0 radical (unpaired) electrons. The highest BCUT2D eigenvalue weighted by Gasteiger charge is 2.41. The van der Waals surface area contributed by atoms with Crippen LogP contribution in [0.2, 0.25) is 0 Å². The summed E-state index contributed by atoms with van der Waals surface area (Å²) in [6.07, 6.45) is 12.8. The average Bonchev–Trinajstić information content (AvgIpc) is 3.47. The van der Waals surface area contributed by atoms with Crippen molar-refractivity contribution in [2.24, 2.45) is 0 Å². The fourth-order valence-corrected chi connectivity index (χ4v) is 7.61. The van der Waals surface area contributed by atoms with Gasteiger partial charge in [0, 0.05) is 18.6 Å². The van der Waals surface area contributed by atoms with Crippen molar-refractivity contribution in [3.8, 4) is 45.6 Å². The fourth-order valence-electron chi connectivity index (χ4n) is 7.61. The van der Waals surface area contributed by atoms with Gasteiger partial charge in [0.05, 0.1) is 41.7 Å². The lowest BCUT2D eigenvalue weighted by Crippen LogP contribution is -2.25. The summed E-state index contributed by atoms with van der Waals surface area (Å²) in [6, 6.07) is 21.7. The standard InChI is InChI=1S/C47H58O8/c1-9-21-47(22-10-2)39-27-33(13-15-35-29-41(48-5)45(42(30-35)49-6)54-25-23-52-11-3)17-19-37(39)38-20-18-34(28-40(38)47)14-16-36-31-43(50-7)46(44(32-36)51-8)55-26-24-53-12-4/h13-20,27-32H,9-12,21-26H2,1-8H3/b15-13+,16-14+. The molecule has 1 aliphatic carbocycles. The molecule has 8 heteroatoms. The van der Waals surface area contributed by atoms with E-state index in [1.165, 1.54) is 22.3 Å². The highest BCUT2D eigenvalue weighted by molar-refractivity contribution is 5.85. The molecule has 1 aliphatic rings. The second-order valence-corrected chi connectivity index (χ2v) is 13.5. The summed E-state index contributed by atoms with van der Waals surface area (Å²) in [5.41, 5.74) is 9.55. The second kappa shape index (κ2) is 20.1. The van der Waals surface area contributed by atoms with Gasteiger partial charge in [0.25, 0.3) is 0 Å². The number of hydrogen-bond acceptors (Lipinski definition) is 8. The summed E-state index contributed by atoms with van der Waals surface area (Å²) in [4.78, 5) is 0. The van der Waals surface area contributed by atoms with Gasteiger partial charge in [-0.2, -0.15) is 0 Å². The van der Waals surface area contributed by atoms with Crippen LogP contribution in [-0.4, -0.2) is 68.1 Å². The van der Waals surface area contributed by atoms with E-state index in [1.54, 1.807) is 28.4 Å². The number of fused-ring (bicyclic) bond motifs is 3. The van der Waals surface area contributed by atoms with Crippen molar-refractivity contribution in [1.82, 2.24) is 0 Å². The van der Waals surface area contributed by atoms with Crippen molar-refractivity contribution in [3.05, 3.63) is 94.0 Å². The molecule has 0 amide bonds.